The molecule has 2 amide bonds. The fraction of sp³-hybridized carbons (Fsp3) is 0.318. The first kappa shape index (κ1) is 21.9. The average Bonchev–Trinajstić information content (AvgIpc) is 2.73. The third-order valence-electron chi connectivity index (χ3n) is 4.48. The molecule has 0 heterocycles. The molecule has 0 bridgehead atoms. The molecule has 29 heavy (non-hydrogen) atoms. The number of nitrogens with zero attached hydrogens (tertiary/aromatic N) is 2. The highest BCUT2D eigenvalue weighted by atomic mass is 16.5. The van der Waals surface area contributed by atoms with Crippen molar-refractivity contribution in [2.45, 2.75) is 20.4 Å². The Balaban J connectivity index is 1.99. The van der Waals surface area contributed by atoms with Gasteiger partial charge in [0.1, 0.15) is 5.75 Å². The molecular formula is C22H26N2O5. The van der Waals surface area contributed by atoms with E-state index < -0.39 is 12.6 Å². The highest BCUT2D eigenvalue weighted by Gasteiger charge is 2.15. The first-order chi connectivity index (χ1) is 13.8. The van der Waals surface area contributed by atoms with Crippen LogP contribution in [0.25, 0.3) is 0 Å². The summed E-state index contributed by atoms with van der Waals surface area (Å²) in [5.41, 5.74) is 1.95. The van der Waals surface area contributed by atoms with Crippen LogP contribution in [0.4, 0.5) is 0 Å². The van der Waals surface area contributed by atoms with Gasteiger partial charge < -0.3 is 19.6 Å². The minimum atomic E-state index is -1.04. The maximum Gasteiger partial charge on any atom is 0.341 e. The fourth-order valence-electron chi connectivity index (χ4n) is 2.85. The quantitative estimate of drug-likeness (QED) is 0.702. The Labute approximate surface area is 170 Å². The fourth-order valence-corrected chi connectivity index (χ4v) is 2.85. The molecule has 0 saturated carbocycles. The molecule has 7 heteroatoms. The van der Waals surface area contributed by atoms with Crippen LogP contribution < -0.4 is 4.74 Å². The minimum Gasteiger partial charge on any atom is -0.482 e. The van der Waals surface area contributed by atoms with Crippen LogP contribution in [0.1, 0.15) is 40.1 Å². The van der Waals surface area contributed by atoms with Crippen LogP contribution in [0.3, 0.4) is 0 Å². The first-order valence-electron chi connectivity index (χ1n) is 9.44. The molecule has 0 aromatic heterocycles. The third kappa shape index (κ3) is 6.07. The Morgan fingerprint density at radius 1 is 0.862 bits per heavy atom. The summed E-state index contributed by atoms with van der Waals surface area (Å²) in [5, 5.41) is 8.63. The summed E-state index contributed by atoms with van der Waals surface area (Å²) >= 11 is 0. The van der Waals surface area contributed by atoms with Crippen LogP contribution in [0, 0.1) is 0 Å². The van der Waals surface area contributed by atoms with Crippen LogP contribution in [-0.2, 0) is 11.3 Å². The van der Waals surface area contributed by atoms with E-state index in [9.17, 15) is 14.4 Å². The van der Waals surface area contributed by atoms with E-state index in [2.05, 4.69) is 0 Å². The predicted octanol–water partition coefficient (Wildman–Crippen LogP) is 2.90. The Kier molecular flexibility index (Phi) is 7.77. The van der Waals surface area contributed by atoms with E-state index in [1.54, 1.807) is 65.4 Å². The maximum absolute atomic E-state index is 12.7. The molecule has 1 N–H and O–H groups in total. The van der Waals surface area contributed by atoms with Crippen molar-refractivity contribution in [1.82, 2.24) is 9.80 Å². The summed E-state index contributed by atoms with van der Waals surface area (Å²) < 4.78 is 5.10. The molecule has 0 unspecified atom stereocenters. The number of carbonyl (C=O) groups excluding carboxylic acids is 2. The zero-order valence-corrected chi connectivity index (χ0v) is 16.9. The summed E-state index contributed by atoms with van der Waals surface area (Å²) in [7, 11) is 1.70. The van der Waals surface area contributed by atoms with Crippen molar-refractivity contribution in [3.8, 4) is 5.75 Å². The lowest BCUT2D eigenvalue weighted by molar-refractivity contribution is -0.139. The molecule has 0 aliphatic carbocycles. The lowest BCUT2D eigenvalue weighted by Gasteiger charge is -2.20. The summed E-state index contributed by atoms with van der Waals surface area (Å²) in [4.78, 5) is 38.9. The third-order valence-corrected chi connectivity index (χ3v) is 4.48. The zero-order valence-electron chi connectivity index (χ0n) is 16.9. The number of hydrogen-bond donors (Lipinski definition) is 1. The molecule has 154 valence electrons. The van der Waals surface area contributed by atoms with Crippen molar-refractivity contribution in [3.63, 3.8) is 0 Å². The van der Waals surface area contributed by atoms with Crippen molar-refractivity contribution in [1.29, 1.82) is 0 Å². The molecule has 0 spiro atoms. The number of carboxylic acids is 1. The second-order valence-electron chi connectivity index (χ2n) is 6.54. The Bertz CT molecular complexity index is 843. The highest BCUT2D eigenvalue weighted by Crippen LogP contribution is 2.15. The molecule has 0 radical (unpaired) electrons. The summed E-state index contributed by atoms with van der Waals surface area (Å²) in [6.45, 7) is 5.12. The molecule has 2 rings (SSSR count). The van der Waals surface area contributed by atoms with E-state index in [-0.39, 0.29) is 11.8 Å². The normalized spacial score (nSPS) is 10.3. The number of benzene rings is 2. The van der Waals surface area contributed by atoms with Gasteiger partial charge in [-0.2, -0.15) is 0 Å². The van der Waals surface area contributed by atoms with Gasteiger partial charge in [-0.25, -0.2) is 4.79 Å². The molecular weight excluding hydrogens is 372 g/mol. The Hall–Kier alpha value is -3.35. The van der Waals surface area contributed by atoms with Gasteiger partial charge in [0.2, 0.25) is 0 Å². The van der Waals surface area contributed by atoms with E-state index in [1.807, 2.05) is 13.8 Å². The number of hydrogen-bond acceptors (Lipinski definition) is 4. The zero-order chi connectivity index (χ0) is 21.4. The van der Waals surface area contributed by atoms with Crippen molar-refractivity contribution in [3.05, 3.63) is 65.2 Å². The summed E-state index contributed by atoms with van der Waals surface area (Å²) in [6, 6.07) is 13.6. The van der Waals surface area contributed by atoms with Gasteiger partial charge in [-0.05, 0) is 55.8 Å². The monoisotopic (exact) mass is 398 g/mol. The van der Waals surface area contributed by atoms with E-state index in [0.29, 0.717) is 36.5 Å². The summed E-state index contributed by atoms with van der Waals surface area (Å²) in [5.74, 6) is -0.784. The number of rotatable bonds is 9. The number of amides is 2. The minimum absolute atomic E-state index is 0.0486. The standard InChI is InChI=1S/C22H26N2O5/c1-4-24(5-2)22(28)18-10-8-17(9-11-18)21(27)23(3)14-16-6-12-19(13-7-16)29-15-20(25)26/h6-13H,4-5,14-15H2,1-3H3,(H,25,26). The van der Waals surface area contributed by atoms with Crippen LogP contribution in [0.15, 0.2) is 48.5 Å². The van der Waals surface area contributed by atoms with Gasteiger partial charge in [0.25, 0.3) is 11.8 Å². The second kappa shape index (κ2) is 10.3. The molecule has 0 atom stereocenters. The largest absolute Gasteiger partial charge is 0.482 e. The van der Waals surface area contributed by atoms with Gasteiger partial charge in [-0.3, -0.25) is 9.59 Å². The van der Waals surface area contributed by atoms with Crippen LogP contribution in [0.5, 0.6) is 5.75 Å². The van der Waals surface area contributed by atoms with Gasteiger partial charge in [0.15, 0.2) is 6.61 Å². The molecule has 0 aliphatic heterocycles. The molecule has 7 nitrogen and oxygen atoms in total. The van der Waals surface area contributed by atoms with Gasteiger partial charge in [0.05, 0.1) is 0 Å². The van der Waals surface area contributed by atoms with E-state index >= 15 is 0 Å². The van der Waals surface area contributed by atoms with Gasteiger partial charge >= 0.3 is 5.97 Å². The van der Waals surface area contributed by atoms with E-state index in [1.165, 1.54) is 0 Å². The summed E-state index contributed by atoms with van der Waals surface area (Å²) in [6.07, 6.45) is 0. The van der Waals surface area contributed by atoms with E-state index in [0.717, 1.165) is 5.56 Å². The van der Waals surface area contributed by atoms with Crippen molar-refractivity contribution >= 4 is 17.8 Å². The van der Waals surface area contributed by atoms with Gasteiger partial charge in [-0.1, -0.05) is 12.1 Å². The van der Waals surface area contributed by atoms with Crippen LogP contribution in [0.2, 0.25) is 0 Å². The van der Waals surface area contributed by atoms with Crippen molar-refractivity contribution < 1.29 is 24.2 Å². The lowest BCUT2D eigenvalue weighted by atomic mass is 10.1. The van der Waals surface area contributed by atoms with Gasteiger partial charge in [0, 0.05) is 37.8 Å². The van der Waals surface area contributed by atoms with Crippen molar-refractivity contribution in [2.24, 2.45) is 0 Å². The Morgan fingerprint density at radius 3 is 1.86 bits per heavy atom. The first-order valence-corrected chi connectivity index (χ1v) is 9.44. The molecule has 0 saturated heterocycles. The average molecular weight is 398 g/mol. The lowest BCUT2D eigenvalue weighted by Crippen LogP contribution is -2.30. The second-order valence-corrected chi connectivity index (χ2v) is 6.54. The number of carboxylic acid groups (broad SMARTS) is 1. The highest BCUT2D eigenvalue weighted by molar-refractivity contribution is 5.97. The van der Waals surface area contributed by atoms with Gasteiger partial charge in [-0.15, -0.1) is 0 Å². The number of ether oxygens (including phenoxy) is 1. The topological polar surface area (TPSA) is 87.2 Å². The smallest absolute Gasteiger partial charge is 0.341 e. The van der Waals surface area contributed by atoms with E-state index in [4.69, 9.17) is 9.84 Å². The van der Waals surface area contributed by atoms with Crippen LogP contribution >= 0.6 is 0 Å². The van der Waals surface area contributed by atoms with Crippen LogP contribution in [-0.4, -0.2) is 59.4 Å². The SMILES string of the molecule is CCN(CC)C(=O)c1ccc(C(=O)N(C)Cc2ccc(OCC(=O)O)cc2)cc1. The molecule has 0 fully saturated rings. The van der Waals surface area contributed by atoms with Crippen molar-refractivity contribution in [2.75, 3.05) is 26.7 Å². The number of aliphatic carboxylic acids is 1. The molecule has 2 aromatic carbocycles. The maximum atomic E-state index is 12.7. The number of carbonyl (C=O) groups is 3. The Morgan fingerprint density at radius 2 is 1.38 bits per heavy atom. The predicted molar refractivity (Wildman–Crippen MR) is 109 cm³/mol. The molecule has 0 aliphatic rings. The molecule has 2 aromatic rings.